The molecule has 1 atom stereocenters. The first-order valence-corrected chi connectivity index (χ1v) is 9.62. The van der Waals surface area contributed by atoms with Crippen LogP contribution in [0.5, 0.6) is 5.75 Å². The number of hydrogen-bond donors (Lipinski definition) is 2. The van der Waals surface area contributed by atoms with E-state index in [-0.39, 0.29) is 28.0 Å². The molecule has 1 saturated heterocycles. The number of nitro benzene ring substituents is 1. The van der Waals surface area contributed by atoms with Crippen molar-refractivity contribution in [1.29, 1.82) is 0 Å². The third-order valence-electron chi connectivity index (χ3n) is 5.35. The molecule has 156 valence electrons. The van der Waals surface area contributed by atoms with Gasteiger partial charge in [-0.05, 0) is 30.4 Å². The van der Waals surface area contributed by atoms with E-state index in [9.17, 15) is 14.9 Å². The maximum absolute atomic E-state index is 11.9. The number of hydrogen-bond acceptors (Lipinski definition) is 5. The SMILES string of the molecule is COc1cc(C(C)CNC2CCN(C(=O)O)CC2)c([N+](=O)[O-])c(C(C)(C)C)c1. The molecule has 1 heterocycles. The second-order valence-electron chi connectivity index (χ2n) is 8.47. The number of carbonyl (C=O) groups is 1. The highest BCUT2D eigenvalue weighted by Gasteiger charge is 2.31. The second kappa shape index (κ2) is 8.77. The predicted octanol–water partition coefficient (Wildman–Crippen LogP) is 3.74. The summed E-state index contributed by atoms with van der Waals surface area (Å²) in [5.74, 6) is 0.529. The number of carboxylic acid groups (broad SMARTS) is 1. The molecule has 0 saturated carbocycles. The van der Waals surface area contributed by atoms with Gasteiger partial charge in [0.1, 0.15) is 5.75 Å². The molecule has 8 nitrogen and oxygen atoms in total. The van der Waals surface area contributed by atoms with Gasteiger partial charge in [-0.25, -0.2) is 4.79 Å². The largest absolute Gasteiger partial charge is 0.497 e. The van der Waals surface area contributed by atoms with Crippen LogP contribution < -0.4 is 10.1 Å². The molecule has 1 aliphatic heterocycles. The molecule has 0 bridgehead atoms. The lowest BCUT2D eigenvalue weighted by Gasteiger charge is -2.31. The average molecular weight is 393 g/mol. The van der Waals surface area contributed by atoms with Crippen molar-refractivity contribution in [2.45, 2.75) is 57.9 Å². The number of ether oxygens (including phenoxy) is 1. The molecular formula is C20H31N3O5. The minimum atomic E-state index is -0.881. The third-order valence-corrected chi connectivity index (χ3v) is 5.35. The van der Waals surface area contributed by atoms with Gasteiger partial charge in [0.05, 0.1) is 12.0 Å². The summed E-state index contributed by atoms with van der Waals surface area (Å²) in [6, 6.07) is 3.72. The normalized spacial score (nSPS) is 16.7. The molecule has 0 aliphatic carbocycles. The van der Waals surface area contributed by atoms with Crippen LogP contribution in [0.3, 0.4) is 0 Å². The zero-order valence-corrected chi connectivity index (χ0v) is 17.3. The fraction of sp³-hybridized carbons (Fsp3) is 0.650. The summed E-state index contributed by atoms with van der Waals surface area (Å²) < 4.78 is 5.40. The standard InChI is InChI=1S/C20H31N3O5/c1-13(12-21-14-6-8-22(9-7-14)19(24)25)16-10-15(28-5)11-17(20(2,3)4)18(16)23(26)27/h10-11,13-14,21H,6-9,12H2,1-5H3,(H,24,25). The number of methoxy groups -OCH3 is 1. The number of nitro groups is 1. The van der Waals surface area contributed by atoms with Crippen molar-refractivity contribution < 1.29 is 19.6 Å². The molecule has 1 fully saturated rings. The van der Waals surface area contributed by atoms with Crippen molar-refractivity contribution in [2.24, 2.45) is 0 Å². The molecule has 28 heavy (non-hydrogen) atoms. The fourth-order valence-corrected chi connectivity index (χ4v) is 3.63. The monoisotopic (exact) mass is 393 g/mol. The Bertz CT molecular complexity index is 721. The topological polar surface area (TPSA) is 105 Å². The zero-order valence-electron chi connectivity index (χ0n) is 17.3. The minimum absolute atomic E-state index is 0.0888. The second-order valence-corrected chi connectivity index (χ2v) is 8.47. The molecule has 0 radical (unpaired) electrons. The third kappa shape index (κ3) is 5.13. The van der Waals surface area contributed by atoms with E-state index >= 15 is 0 Å². The predicted molar refractivity (Wildman–Crippen MR) is 107 cm³/mol. The van der Waals surface area contributed by atoms with E-state index in [2.05, 4.69) is 5.32 Å². The molecule has 1 unspecified atom stereocenters. The van der Waals surface area contributed by atoms with Crippen molar-refractivity contribution >= 4 is 11.8 Å². The number of likely N-dealkylation sites (tertiary alicyclic amines) is 1. The Morgan fingerprint density at radius 1 is 1.39 bits per heavy atom. The number of amides is 1. The molecule has 2 N–H and O–H groups in total. The Labute approximate surface area is 166 Å². The summed E-state index contributed by atoms with van der Waals surface area (Å²) >= 11 is 0. The molecule has 8 heteroatoms. The summed E-state index contributed by atoms with van der Waals surface area (Å²) in [6.45, 7) is 9.43. The lowest BCUT2D eigenvalue weighted by molar-refractivity contribution is -0.386. The van der Waals surface area contributed by atoms with Crippen molar-refractivity contribution in [3.8, 4) is 5.75 Å². The van der Waals surface area contributed by atoms with Crippen molar-refractivity contribution in [3.05, 3.63) is 33.4 Å². The lowest BCUT2D eigenvalue weighted by Crippen LogP contribution is -2.45. The van der Waals surface area contributed by atoms with Crippen LogP contribution in [0, 0.1) is 10.1 Å². The van der Waals surface area contributed by atoms with Crippen molar-refractivity contribution in [2.75, 3.05) is 26.7 Å². The van der Waals surface area contributed by atoms with E-state index in [4.69, 9.17) is 9.84 Å². The van der Waals surface area contributed by atoms with Crippen LogP contribution in [-0.4, -0.2) is 53.8 Å². The number of rotatable bonds is 6. The maximum Gasteiger partial charge on any atom is 0.407 e. The van der Waals surface area contributed by atoms with Crippen LogP contribution in [0.25, 0.3) is 0 Å². The van der Waals surface area contributed by atoms with E-state index < -0.39 is 6.09 Å². The minimum Gasteiger partial charge on any atom is -0.497 e. The summed E-state index contributed by atoms with van der Waals surface area (Å²) in [5, 5.41) is 24.4. The first kappa shape index (κ1) is 21.9. The van der Waals surface area contributed by atoms with Gasteiger partial charge < -0.3 is 20.1 Å². The Morgan fingerprint density at radius 3 is 2.46 bits per heavy atom. The Balaban J connectivity index is 2.19. The summed E-state index contributed by atoms with van der Waals surface area (Å²) in [5.41, 5.74) is 1.09. The quantitative estimate of drug-likeness (QED) is 0.563. The van der Waals surface area contributed by atoms with Gasteiger partial charge in [-0.1, -0.05) is 27.7 Å². The highest BCUT2D eigenvalue weighted by molar-refractivity contribution is 5.65. The van der Waals surface area contributed by atoms with Crippen LogP contribution in [-0.2, 0) is 5.41 Å². The van der Waals surface area contributed by atoms with Crippen LogP contribution in [0.4, 0.5) is 10.5 Å². The number of nitrogens with zero attached hydrogens (tertiary/aromatic N) is 2. The van der Waals surface area contributed by atoms with E-state index in [0.717, 1.165) is 12.8 Å². The van der Waals surface area contributed by atoms with Gasteiger partial charge in [-0.15, -0.1) is 0 Å². The maximum atomic E-state index is 11.9. The van der Waals surface area contributed by atoms with Crippen LogP contribution in [0.1, 0.15) is 57.6 Å². The van der Waals surface area contributed by atoms with E-state index in [1.165, 1.54) is 4.90 Å². The van der Waals surface area contributed by atoms with E-state index in [1.807, 2.05) is 27.7 Å². The Hall–Kier alpha value is -2.35. The van der Waals surface area contributed by atoms with E-state index in [0.29, 0.717) is 36.5 Å². The number of piperidine rings is 1. The average Bonchev–Trinajstić information content (AvgIpc) is 2.64. The van der Waals surface area contributed by atoms with Gasteiger partial charge >= 0.3 is 6.09 Å². The van der Waals surface area contributed by atoms with Gasteiger partial charge in [0, 0.05) is 42.7 Å². The Kier molecular flexibility index (Phi) is 6.87. The molecule has 2 rings (SSSR count). The van der Waals surface area contributed by atoms with Gasteiger partial charge in [-0.3, -0.25) is 10.1 Å². The molecule has 0 spiro atoms. The molecule has 1 amide bonds. The highest BCUT2D eigenvalue weighted by Crippen LogP contribution is 2.40. The summed E-state index contributed by atoms with van der Waals surface area (Å²) in [6.07, 6.45) is 0.604. The van der Waals surface area contributed by atoms with Gasteiger partial charge in [-0.2, -0.15) is 0 Å². The van der Waals surface area contributed by atoms with Crippen LogP contribution in [0.2, 0.25) is 0 Å². The summed E-state index contributed by atoms with van der Waals surface area (Å²) in [4.78, 5) is 24.0. The highest BCUT2D eigenvalue weighted by atomic mass is 16.6. The van der Waals surface area contributed by atoms with Crippen molar-refractivity contribution in [3.63, 3.8) is 0 Å². The molecule has 1 aromatic carbocycles. The van der Waals surface area contributed by atoms with Crippen LogP contribution >= 0.6 is 0 Å². The lowest BCUT2D eigenvalue weighted by atomic mass is 9.82. The number of benzene rings is 1. The van der Waals surface area contributed by atoms with Gasteiger partial charge in [0.2, 0.25) is 0 Å². The van der Waals surface area contributed by atoms with Gasteiger partial charge in [0.15, 0.2) is 0 Å². The molecular weight excluding hydrogens is 362 g/mol. The van der Waals surface area contributed by atoms with Crippen LogP contribution in [0.15, 0.2) is 12.1 Å². The van der Waals surface area contributed by atoms with E-state index in [1.54, 1.807) is 19.2 Å². The smallest absolute Gasteiger partial charge is 0.407 e. The first-order chi connectivity index (χ1) is 13.0. The van der Waals surface area contributed by atoms with Crippen molar-refractivity contribution in [1.82, 2.24) is 10.2 Å². The molecule has 0 aromatic heterocycles. The first-order valence-electron chi connectivity index (χ1n) is 9.62. The molecule has 1 aliphatic rings. The fourth-order valence-electron chi connectivity index (χ4n) is 3.63. The summed E-state index contributed by atoms with van der Waals surface area (Å²) in [7, 11) is 1.57. The zero-order chi connectivity index (χ0) is 21.1. The van der Waals surface area contributed by atoms with Gasteiger partial charge in [0.25, 0.3) is 5.69 Å². The Morgan fingerprint density at radius 2 is 2.00 bits per heavy atom. The number of nitrogens with one attached hydrogen (secondary N) is 1. The molecule has 1 aromatic rings.